The Labute approximate surface area is 202 Å². The summed E-state index contributed by atoms with van der Waals surface area (Å²) in [6, 6.07) is 3.73. The molecule has 0 aliphatic carbocycles. The third kappa shape index (κ3) is 5.03. The Bertz CT molecular complexity index is 1220. The highest BCUT2D eigenvalue weighted by Gasteiger charge is 2.34. The summed E-state index contributed by atoms with van der Waals surface area (Å²) in [6.07, 6.45) is 3.44. The zero-order chi connectivity index (χ0) is 25.3. The van der Waals surface area contributed by atoms with Gasteiger partial charge in [0.15, 0.2) is 0 Å². The number of nitrogens with zero attached hydrogens (tertiary/aromatic N) is 7. The maximum Gasteiger partial charge on any atom is 0.280 e. The first-order chi connectivity index (χ1) is 16.6. The van der Waals surface area contributed by atoms with Crippen molar-refractivity contribution in [2.24, 2.45) is 0 Å². The van der Waals surface area contributed by atoms with Gasteiger partial charge in [-0.15, -0.1) is 0 Å². The fourth-order valence-electron chi connectivity index (χ4n) is 4.43. The fourth-order valence-corrected chi connectivity index (χ4v) is 5.89. The van der Waals surface area contributed by atoms with Gasteiger partial charge in [0.1, 0.15) is 11.4 Å². The van der Waals surface area contributed by atoms with Crippen molar-refractivity contribution >= 4 is 33.2 Å². The van der Waals surface area contributed by atoms with Crippen LogP contribution in [0.2, 0.25) is 0 Å². The molecule has 0 atom stereocenters. The van der Waals surface area contributed by atoms with Crippen LogP contribution in [-0.4, -0.2) is 71.8 Å². The third-order valence-corrected chi connectivity index (χ3v) is 8.26. The summed E-state index contributed by atoms with van der Waals surface area (Å²) in [6.45, 7) is 5.83. The Kier molecular flexibility index (Phi) is 6.85. The lowest BCUT2D eigenvalue weighted by Gasteiger charge is -2.35. The van der Waals surface area contributed by atoms with Crippen molar-refractivity contribution in [2.75, 3.05) is 49.1 Å². The van der Waals surface area contributed by atoms with Gasteiger partial charge in [0.05, 0.1) is 14.7 Å². The maximum absolute atomic E-state index is 13.2. The van der Waals surface area contributed by atoms with E-state index in [1.165, 1.54) is 17.6 Å². The molecular formula is C21H27N7O6S. The summed E-state index contributed by atoms with van der Waals surface area (Å²) in [5, 5.41) is 22.7. The monoisotopic (exact) mass is 505 g/mol. The van der Waals surface area contributed by atoms with Gasteiger partial charge >= 0.3 is 0 Å². The number of piperidine rings is 1. The molecule has 3 heterocycles. The Morgan fingerprint density at radius 3 is 1.91 bits per heavy atom. The molecule has 188 valence electrons. The van der Waals surface area contributed by atoms with Crippen molar-refractivity contribution in [3.8, 4) is 0 Å². The highest BCUT2D eigenvalue weighted by molar-refractivity contribution is 7.89. The zero-order valence-electron chi connectivity index (χ0n) is 19.6. The molecule has 0 radical (unpaired) electrons. The number of hydrogen-bond donors (Lipinski definition) is 0. The Morgan fingerprint density at radius 2 is 1.37 bits per heavy atom. The molecular weight excluding hydrogens is 478 g/mol. The Balaban J connectivity index is 1.54. The molecule has 2 saturated heterocycles. The van der Waals surface area contributed by atoms with Crippen molar-refractivity contribution in [3.05, 3.63) is 49.7 Å². The predicted octanol–water partition coefficient (Wildman–Crippen LogP) is 2.41. The molecule has 2 fully saturated rings. The van der Waals surface area contributed by atoms with Gasteiger partial charge in [-0.05, 0) is 33.1 Å². The number of hydrogen-bond acceptors (Lipinski definition) is 10. The second kappa shape index (κ2) is 9.70. The lowest BCUT2D eigenvalue weighted by atomic mass is 10.1. The number of aryl methyl sites for hydroxylation is 1. The summed E-state index contributed by atoms with van der Waals surface area (Å²) < 4.78 is 27.6. The van der Waals surface area contributed by atoms with Crippen LogP contribution in [0.1, 0.15) is 30.5 Å². The van der Waals surface area contributed by atoms with Crippen LogP contribution in [-0.2, 0) is 10.0 Å². The largest absolute Gasteiger partial charge is 0.356 e. The molecule has 0 amide bonds. The normalized spacial score (nSPS) is 17.4. The molecule has 1 aromatic carbocycles. The van der Waals surface area contributed by atoms with Crippen LogP contribution in [0, 0.1) is 34.1 Å². The lowest BCUT2D eigenvalue weighted by molar-refractivity contribution is -0.395. The van der Waals surface area contributed by atoms with Crippen molar-refractivity contribution in [1.82, 2.24) is 14.3 Å². The summed E-state index contributed by atoms with van der Waals surface area (Å²) in [5.41, 5.74) is -0.570. The van der Waals surface area contributed by atoms with Crippen molar-refractivity contribution in [3.63, 3.8) is 0 Å². The molecule has 1 aromatic heterocycles. The first-order valence-corrected chi connectivity index (χ1v) is 12.8. The van der Waals surface area contributed by atoms with E-state index in [1.807, 2.05) is 17.9 Å². The summed E-state index contributed by atoms with van der Waals surface area (Å²) >= 11 is 0. The molecule has 0 saturated carbocycles. The van der Waals surface area contributed by atoms with Gasteiger partial charge < -0.3 is 9.80 Å². The smallest absolute Gasteiger partial charge is 0.280 e. The molecule has 35 heavy (non-hydrogen) atoms. The number of aromatic nitrogens is 2. The van der Waals surface area contributed by atoms with Crippen LogP contribution < -0.4 is 9.80 Å². The van der Waals surface area contributed by atoms with Crippen LogP contribution in [0.4, 0.5) is 23.1 Å². The van der Waals surface area contributed by atoms with Gasteiger partial charge in [-0.2, -0.15) is 9.29 Å². The summed E-state index contributed by atoms with van der Waals surface area (Å²) in [5.74, 6) is 1.39. The fraction of sp³-hybridized carbons (Fsp3) is 0.524. The highest BCUT2D eigenvalue weighted by Crippen LogP contribution is 2.33. The molecule has 0 unspecified atom stereocenters. The number of nitro groups is 2. The minimum absolute atomic E-state index is 0.0914. The average Bonchev–Trinajstić information content (AvgIpc) is 2.84. The molecule has 0 spiro atoms. The van der Waals surface area contributed by atoms with Crippen LogP contribution >= 0.6 is 0 Å². The number of sulfonamides is 1. The van der Waals surface area contributed by atoms with Gasteiger partial charge in [0, 0.05) is 63.2 Å². The van der Waals surface area contributed by atoms with E-state index in [2.05, 4.69) is 9.88 Å². The van der Waals surface area contributed by atoms with E-state index in [0.29, 0.717) is 19.0 Å². The molecule has 0 bridgehead atoms. The Morgan fingerprint density at radius 1 is 0.800 bits per heavy atom. The maximum atomic E-state index is 13.2. The van der Waals surface area contributed by atoms with Crippen LogP contribution in [0.5, 0.6) is 0 Å². The highest BCUT2D eigenvalue weighted by atomic mass is 32.2. The zero-order valence-corrected chi connectivity index (χ0v) is 20.4. The number of rotatable bonds is 6. The lowest BCUT2D eigenvalue weighted by Crippen LogP contribution is -2.49. The summed E-state index contributed by atoms with van der Waals surface area (Å²) in [4.78, 5) is 34.1. The van der Waals surface area contributed by atoms with E-state index in [4.69, 9.17) is 4.98 Å². The number of benzene rings is 1. The van der Waals surface area contributed by atoms with Gasteiger partial charge in [-0.3, -0.25) is 20.2 Å². The van der Waals surface area contributed by atoms with E-state index < -0.39 is 36.1 Å². The second-order valence-electron chi connectivity index (χ2n) is 8.71. The standard InChI is InChI=1S/C21H27N7O6S/c1-15-12-20(24-6-4-3-5-7-24)23-21(22-15)25-8-10-26(11-9-25)35(33,34)17-13-18(27(29)30)16(2)19(14-17)28(31)32/h12-14H,3-11H2,1-2H3. The minimum Gasteiger partial charge on any atom is -0.356 e. The molecule has 2 aromatic rings. The molecule has 14 heteroatoms. The quantitative estimate of drug-likeness (QED) is 0.422. The topological polar surface area (TPSA) is 156 Å². The second-order valence-corrected chi connectivity index (χ2v) is 10.6. The van der Waals surface area contributed by atoms with Crippen LogP contribution in [0.3, 0.4) is 0 Å². The molecule has 13 nitrogen and oxygen atoms in total. The first kappa shape index (κ1) is 24.7. The number of piperazine rings is 1. The number of anilines is 2. The Hall–Kier alpha value is -3.39. The molecule has 2 aliphatic heterocycles. The van der Waals surface area contributed by atoms with Crippen LogP contribution in [0.15, 0.2) is 23.1 Å². The van der Waals surface area contributed by atoms with E-state index in [9.17, 15) is 28.6 Å². The first-order valence-electron chi connectivity index (χ1n) is 11.4. The van der Waals surface area contributed by atoms with E-state index in [-0.39, 0.29) is 18.7 Å². The molecule has 2 aliphatic rings. The minimum atomic E-state index is -4.18. The van der Waals surface area contributed by atoms with Crippen LogP contribution in [0.25, 0.3) is 0 Å². The molecule has 0 N–H and O–H groups in total. The van der Waals surface area contributed by atoms with Gasteiger partial charge in [-0.25, -0.2) is 13.4 Å². The SMILES string of the molecule is Cc1cc(N2CCCCC2)nc(N2CCN(S(=O)(=O)c3cc([N+](=O)[O-])c(C)c([N+](=O)[O-])c3)CC2)n1. The van der Waals surface area contributed by atoms with Crippen molar-refractivity contribution in [2.45, 2.75) is 38.0 Å². The van der Waals surface area contributed by atoms with Gasteiger partial charge in [0.25, 0.3) is 11.4 Å². The van der Waals surface area contributed by atoms with Gasteiger partial charge in [-0.1, -0.05) is 0 Å². The van der Waals surface area contributed by atoms with E-state index >= 15 is 0 Å². The van der Waals surface area contributed by atoms with Gasteiger partial charge in [0.2, 0.25) is 16.0 Å². The van der Waals surface area contributed by atoms with Crippen molar-refractivity contribution < 1.29 is 18.3 Å². The average molecular weight is 506 g/mol. The van der Waals surface area contributed by atoms with E-state index in [1.54, 1.807) is 0 Å². The summed E-state index contributed by atoms with van der Waals surface area (Å²) in [7, 11) is -4.18. The van der Waals surface area contributed by atoms with E-state index in [0.717, 1.165) is 49.6 Å². The molecule has 4 rings (SSSR count). The predicted molar refractivity (Wildman–Crippen MR) is 128 cm³/mol. The number of nitro benzene ring substituents is 2. The third-order valence-electron chi connectivity index (χ3n) is 6.39. The van der Waals surface area contributed by atoms with Crippen molar-refractivity contribution in [1.29, 1.82) is 0 Å².